The first kappa shape index (κ1) is 16.2. The van der Waals surface area contributed by atoms with Crippen LogP contribution in [0.2, 0.25) is 0 Å². The molecule has 1 aromatic carbocycles. The number of amides is 1. The van der Waals surface area contributed by atoms with Crippen LogP contribution in [0.1, 0.15) is 24.0 Å². The Morgan fingerprint density at radius 3 is 2.78 bits per heavy atom. The lowest BCUT2D eigenvalue weighted by molar-refractivity contribution is -0.138. The average Bonchev–Trinajstić information content (AvgIpc) is 3.16. The van der Waals surface area contributed by atoms with Crippen molar-refractivity contribution in [3.63, 3.8) is 0 Å². The Labute approximate surface area is 131 Å². The number of hydrogen-bond acceptors (Lipinski definition) is 2. The fourth-order valence-electron chi connectivity index (χ4n) is 3.16. The van der Waals surface area contributed by atoms with Gasteiger partial charge in [0.2, 0.25) is 5.91 Å². The number of carbonyl (C=O) groups excluding carboxylic acids is 1. The SMILES string of the molecule is O=C([C@H]1CCOC1)N1CC[C@@](F)(c2cccc(C(F)(F)F)c2)C1. The Kier molecular flexibility index (Phi) is 4.08. The van der Waals surface area contributed by atoms with Gasteiger partial charge in [-0.3, -0.25) is 4.79 Å². The highest BCUT2D eigenvalue weighted by Gasteiger charge is 2.44. The van der Waals surface area contributed by atoms with Crippen LogP contribution in [0.4, 0.5) is 17.6 Å². The molecule has 0 aromatic heterocycles. The number of nitrogens with zero attached hydrogens (tertiary/aromatic N) is 1. The molecular formula is C16H17F4NO2. The second kappa shape index (κ2) is 5.78. The fourth-order valence-corrected chi connectivity index (χ4v) is 3.16. The highest BCUT2D eigenvalue weighted by Crippen LogP contribution is 2.39. The van der Waals surface area contributed by atoms with E-state index in [1.54, 1.807) is 0 Å². The van der Waals surface area contributed by atoms with Gasteiger partial charge < -0.3 is 9.64 Å². The molecule has 2 heterocycles. The minimum Gasteiger partial charge on any atom is -0.381 e. The van der Waals surface area contributed by atoms with Gasteiger partial charge in [0.1, 0.15) is 0 Å². The average molecular weight is 331 g/mol. The molecule has 0 N–H and O–H groups in total. The summed E-state index contributed by atoms with van der Waals surface area (Å²) in [7, 11) is 0. The van der Waals surface area contributed by atoms with Crippen molar-refractivity contribution in [2.24, 2.45) is 5.92 Å². The van der Waals surface area contributed by atoms with Gasteiger partial charge in [-0.1, -0.05) is 12.1 Å². The number of rotatable bonds is 2. The van der Waals surface area contributed by atoms with E-state index >= 15 is 4.39 Å². The molecule has 0 bridgehead atoms. The number of alkyl halides is 4. The molecule has 0 saturated carbocycles. The molecule has 2 aliphatic rings. The van der Waals surface area contributed by atoms with Crippen molar-refractivity contribution >= 4 is 5.91 Å². The van der Waals surface area contributed by atoms with Gasteiger partial charge >= 0.3 is 6.18 Å². The lowest BCUT2D eigenvalue weighted by Gasteiger charge is -2.23. The molecule has 3 rings (SSSR count). The molecule has 1 amide bonds. The molecule has 7 heteroatoms. The molecular weight excluding hydrogens is 314 g/mol. The summed E-state index contributed by atoms with van der Waals surface area (Å²) in [5.41, 5.74) is -2.83. The molecule has 2 saturated heterocycles. The van der Waals surface area contributed by atoms with Crippen LogP contribution in [0.5, 0.6) is 0 Å². The normalized spacial score (nSPS) is 28.3. The summed E-state index contributed by atoms with van der Waals surface area (Å²) < 4.78 is 58.6. The summed E-state index contributed by atoms with van der Waals surface area (Å²) in [6.07, 6.45) is -3.90. The molecule has 126 valence electrons. The second-order valence-corrected chi connectivity index (χ2v) is 6.11. The summed E-state index contributed by atoms with van der Waals surface area (Å²) in [6, 6.07) is 4.31. The van der Waals surface area contributed by atoms with Gasteiger partial charge in [0.15, 0.2) is 5.67 Å². The predicted molar refractivity (Wildman–Crippen MR) is 74.4 cm³/mol. The van der Waals surface area contributed by atoms with Gasteiger partial charge in [-0.15, -0.1) is 0 Å². The van der Waals surface area contributed by atoms with E-state index in [4.69, 9.17) is 4.74 Å². The van der Waals surface area contributed by atoms with Crippen LogP contribution < -0.4 is 0 Å². The zero-order valence-electron chi connectivity index (χ0n) is 12.4. The zero-order valence-corrected chi connectivity index (χ0v) is 12.4. The first-order valence-electron chi connectivity index (χ1n) is 7.53. The topological polar surface area (TPSA) is 29.5 Å². The van der Waals surface area contributed by atoms with Crippen molar-refractivity contribution in [2.45, 2.75) is 24.7 Å². The Bertz CT molecular complexity index is 598. The smallest absolute Gasteiger partial charge is 0.381 e. The molecule has 3 nitrogen and oxygen atoms in total. The van der Waals surface area contributed by atoms with E-state index in [9.17, 15) is 18.0 Å². The van der Waals surface area contributed by atoms with E-state index in [0.29, 0.717) is 19.6 Å². The molecule has 0 aliphatic carbocycles. The quantitative estimate of drug-likeness (QED) is 0.779. The van der Waals surface area contributed by atoms with E-state index in [0.717, 1.165) is 12.1 Å². The Balaban J connectivity index is 1.77. The maximum Gasteiger partial charge on any atom is 0.416 e. The molecule has 2 aliphatic heterocycles. The van der Waals surface area contributed by atoms with Crippen molar-refractivity contribution in [2.75, 3.05) is 26.3 Å². The molecule has 2 fully saturated rings. The van der Waals surface area contributed by atoms with Crippen molar-refractivity contribution < 1.29 is 27.1 Å². The van der Waals surface area contributed by atoms with Crippen LogP contribution >= 0.6 is 0 Å². The number of ether oxygens (including phenoxy) is 1. The molecule has 2 atom stereocenters. The number of halogens is 4. The molecule has 0 radical (unpaired) electrons. The monoisotopic (exact) mass is 331 g/mol. The Morgan fingerprint density at radius 1 is 1.35 bits per heavy atom. The number of benzene rings is 1. The van der Waals surface area contributed by atoms with Crippen LogP contribution in [0.3, 0.4) is 0 Å². The molecule has 1 aromatic rings. The minimum atomic E-state index is -4.51. The van der Waals surface area contributed by atoms with Gasteiger partial charge in [-0.05, 0) is 24.1 Å². The summed E-state index contributed by atoms with van der Waals surface area (Å²) >= 11 is 0. The van der Waals surface area contributed by atoms with Gasteiger partial charge in [0, 0.05) is 19.6 Å². The van der Waals surface area contributed by atoms with Crippen molar-refractivity contribution in [3.8, 4) is 0 Å². The lowest BCUT2D eigenvalue weighted by atomic mass is 9.93. The molecule has 0 spiro atoms. The maximum atomic E-state index is 15.1. The maximum absolute atomic E-state index is 15.1. The Morgan fingerprint density at radius 2 is 2.13 bits per heavy atom. The van der Waals surface area contributed by atoms with Gasteiger partial charge in [-0.2, -0.15) is 13.2 Å². The zero-order chi connectivity index (χ0) is 16.7. The lowest BCUT2D eigenvalue weighted by Crippen LogP contribution is -2.36. The molecule has 23 heavy (non-hydrogen) atoms. The second-order valence-electron chi connectivity index (χ2n) is 6.11. The van der Waals surface area contributed by atoms with E-state index in [-0.39, 0.29) is 36.9 Å². The fraction of sp³-hybridized carbons (Fsp3) is 0.562. The Hall–Kier alpha value is -1.63. The van der Waals surface area contributed by atoms with E-state index in [1.807, 2.05) is 0 Å². The summed E-state index contributed by atoms with van der Waals surface area (Å²) in [6.45, 7) is 0.850. The summed E-state index contributed by atoms with van der Waals surface area (Å²) in [4.78, 5) is 13.7. The predicted octanol–water partition coefficient (Wildman–Crippen LogP) is 3.14. The highest BCUT2D eigenvalue weighted by molar-refractivity contribution is 5.79. The van der Waals surface area contributed by atoms with E-state index in [2.05, 4.69) is 0 Å². The van der Waals surface area contributed by atoms with Crippen LogP contribution in [-0.2, 0) is 21.4 Å². The van der Waals surface area contributed by atoms with Crippen molar-refractivity contribution in [1.82, 2.24) is 4.90 Å². The minimum absolute atomic E-state index is 0.00757. The molecule has 0 unspecified atom stereocenters. The summed E-state index contributed by atoms with van der Waals surface area (Å²) in [5, 5.41) is 0. The summed E-state index contributed by atoms with van der Waals surface area (Å²) in [5.74, 6) is -0.437. The van der Waals surface area contributed by atoms with Crippen LogP contribution in [0.25, 0.3) is 0 Å². The third-order valence-corrected chi connectivity index (χ3v) is 4.52. The van der Waals surface area contributed by atoms with Gasteiger partial charge in [-0.25, -0.2) is 4.39 Å². The van der Waals surface area contributed by atoms with Crippen LogP contribution in [0, 0.1) is 5.92 Å². The number of carbonyl (C=O) groups is 1. The van der Waals surface area contributed by atoms with Gasteiger partial charge in [0.25, 0.3) is 0 Å². The van der Waals surface area contributed by atoms with E-state index in [1.165, 1.54) is 17.0 Å². The van der Waals surface area contributed by atoms with E-state index < -0.39 is 17.4 Å². The van der Waals surface area contributed by atoms with Crippen molar-refractivity contribution in [3.05, 3.63) is 35.4 Å². The standard InChI is InChI=1S/C16H17F4NO2/c17-15(12-2-1-3-13(8-12)16(18,19)20)5-6-21(10-15)14(22)11-4-7-23-9-11/h1-3,8,11H,4-7,9-10H2/t11-,15-/m0/s1. The van der Waals surface area contributed by atoms with Crippen molar-refractivity contribution in [1.29, 1.82) is 0 Å². The van der Waals surface area contributed by atoms with Crippen LogP contribution in [0.15, 0.2) is 24.3 Å². The first-order valence-corrected chi connectivity index (χ1v) is 7.53. The largest absolute Gasteiger partial charge is 0.416 e. The number of hydrogen-bond donors (Lipinski definition) is 0. The van der Waals surface area contributed by atoms with Crippen LogP contribution in [-0.4, -0.2) is 37.1 Å². The number of likely N-dealkylation sites (tertiary alicyclic amines) is 1. The van der Waals surface area contributed by atoms with Gasteiger partial charge in [0.05, 0.1) is 24.6 Å². The third-order valence-electron chi connectivity index (χ3n) is 4.52. The third kappa shape index (κ3) is 3.20. The highest BCUT2D eigenvalue weighted by atomic mass is 19.4. The first-order chi connectivity index (χ1) is 10.8.